The van der Waals surface area contributed by atoms with Gasteiger partial charge in [0.25, 0.3) is 0 Å². The van der Waals surface area contributed by atoms with Gasteiger partial charge in [0, 0.05) is 23.5 Å². The Morgan fingerprint density at radius 3 is 2.80 bits per heavy atom. The van der Waals surface area contributed by atoms with E-state index in [1.165, 1.54) is 0 Å². The largest absolute Gasteiger partial charge is 0.488 e. The molecule has 1 saturated carbocycles. The highest BCUT2D eigenvalue weighted by Gasteiger charge is 2.22. The molecule has 1 aliphatic rings. The summed E-state index contributed by atoms with van der Waals surface area (Å²) in [4.78, 5) is 4.40. The maximum absolute atomic E-state index is 9.68. The number of pyridine rings is 2. The van der Waals surface area contributed by atoms with E-state index in [2.05, 4.69) is 16.1 Å². The molecular formula is C19H22N4O2. The summed E-state index contributed by atoms with van der Waals surface area (Å²) in [6.07, 6.45) is 6.95. The van der Waals surface area contributed by atoms with Crippen molar-refractivity contribution in [3.8, 4) is 16.9 Å². The highest BCUT2D eigenvalue weighted by Crippen LogP contribution is 2.33. The van der Waals surface area contributed by atoms with Crippen molar-refractivity contribution in [1.82, 2.24) is 14.6 Å². The van der Waals surface area contributed by atoms with Gasteiger partial charge < -0.3 is 15.6 Å². The molecule has 0 radical (unpaired) electrons. The van der Waals surface area contributed by atoms with Crippen LogP contribution in [0.4, 0.5) is 5.82 Å². The Labute approximate surface area is 146 Å². The second kappa shape index (κ2) is 6.37. The SMILES string of the molecule is Cc1cc(-c2ccn3nc(N)cc3c2)c(O[C@H]2CC[C@H](O)CC2)cn1. The van der Waals surface area contributed by atoms with Crippen LogP contribution in [0.3, 0.4) is 0 Å². The summed E-state index contributed by atoms with van der Waals surface area (Å²) in [7, 11) is 0. The molecule has 0 spiro atoms. The van der Waals surface area contributed by atoms with Gasteiger partial charge >= 0.3 is 0 Å². The number of hydrogen-bond acceptors (Lipinski definition) is 5. The minimum absolute atomic E-state index is 0.126. The number of anilines is 1. The zero-order chi connectivity index (χ0) is 17.4. The van der Waals surface area contributed by atoms with E-state index >= 15 is 0 Å². The summed E-state index contributed by atoms with van der Waals surface area (Å²) < 4.78 is 8.00. The van der Waals surface area contributed by atoms with Gasteiger partial charge in [0.1, 0.15) is 11.6 Å². The van der Waals surface area contributed by atoms with Gasteiger partial charge in [-0.25, -0.2) is 4.52 Å². The van der Waals surface area contributed by atoms with Crippen LogP contribution < -0.4 is 10.5 Å². The predicted octanol–water partition coefficient (Wildman–Crippen LogP) is 2.97. The number of aliphatic hydroxyl groups is 1. The van der Waals surface area contributed by atoms with Gasteiger partial charge in [0.2, 0.25) is 0 Å². The lowest BCUT2D eigenvalue weighted by molar-refractivity contribution is 0.0667. The first-order chi connectivity index (χ1) is 12.1. The maximum atomic E-state index is 9.68. The molecule has 0 aliphatic heterocycles. The van der Waals surface area contributed by atoms with E-state index in [1.807, 2.05) is 31.3 Å². The van der Waals surface area contributed by atoms with Crippen LogP contribution in [0.5, 0.6) is 5.75 Å². The number of fused-ring (bicyclic) bond motifs is 1. The van der Waals surface area contributed by atoms with E-state index in [0.717, 1.165) is 53.8 Å². The van der Waals surface area contributed by atoms with Crippen LogP contribution in [-0.2, 0) is 0 Å². The zero-order valence-electron chi connectivity index (χ0n) is 14.2. The van der Waals surface area contributed by atoms with E-state index in [-0.39, 0.29) is 12.2 Å². The Bertz CT molecular complexity index is 898. The molecule has 3 aromatic heterocycles. The topological polar surface area (TPSA) is 85.7 Å². The van der Waals surface area contributed by atoms with Crippen LogP contribution in [-0.4, -0.2) is 31.9 Å². The average molecular weight is 338 g/mol. The molecule has 3 N–H and O–H groups in total. The van der Waals surface area contributed by atoms with Crippen LogP contribution in [0.15, 0.2) is 36.7 Å². The Morgan fingerprint density at radius 1 is 1.20 bits per heavy atom. The first-order valence-electron chi connectivity index (χ1n) is 8.65. The summed E-state index contributed by atoms with van der Waals surface area (Å²) in [5.74, 6) is 1.28. The molecule has 0 saturated heterocycles. The predicted molar refractivity (Wildman–Crippen MR) is 96.5 cm³/mol. The van der Waals surface area contributed by atoms with Crippen molar-refractivity contribution in [3.05, 3.63) is 42.4 Å². The number of rotatable bonds is 3. The Balaban J connectivity index is 1.68. The van der Waals surface area contributed by atoms with Crippen molar-refractivity contribution in [3.63, 3.8) is 0 Å². The van der Waals surface area contributed by atoms with E-state index < -0.39 is 0 Å². The van der Waals surface area contributed by atoms with Crippen molar-refractivity contribution in [2.75, 3.05) is 5.73 Å². The molecule has 1 fully saturated rings. The van der Waals surface area contributed by atoms with Crippen LogP contribution in [0, 0.1) is 6.92 Å². The molecule has 25 heavy (non-hydrogen) atoms. The van der Waals surface area contributed by atoms with E-state index in [9.17, 15) is 5.11 Å². The van der Waals surface area contributed by atoms with Gasteiger partial charge in [-0.3, -0.25) is 4.98 Å². The summed E-state index contributed by atoms with van der Waals surface area (Å²) in [5.41, 5.74) is 9.72. The highest BCUT2D eigenvalue weighted by atomic mass is 16.5. The minimum atomic E-state index is -0.190. The van der Waals surface area contributed by atoms with Crippen LogP contribution in [0.1, 0.15) is 31.4 Å². The summed E-state index contributed by atoms with van der Waals surface area (Å²) in [6, 6.07) is 7.94. The summed E-state index contributed by atoms with van der Waals surface area (Å²) in [5, 5.41) is 13.9. The first kappa shape index (κ1) is 15.9. The molecule has 3 aromatic rings. The Morgan fingerprint density at radius 2 is 2.00 bits per heavy atom. The van der Waals surface area contributed by atoms with Crippen molar-refractivity contribution in [1.29, 1.82) is 0 Å². The molecule has 130 valence electrons. The lowest BCUT2D eigenvalue weighted by atomic mass is 9.95. The van der Waals surface area contributed by atoms with E-state index in [1.54, 1.807) is 10.7 Å². The Hall–Kier alpha value is -2.60. The number of aryl methyl sites for hydroxylation is 1. The quantitative estimate of drug-likeness (QED) is 0.767. The number of ether oxygens (including phenoxy) is 1. The zero-order valence-corrected chi connectivity index (χ0v) is 14.2. The van der Waals surface area contributed by atoms with Gasteiger partial charge in [0.15, 0.2) is 0 Å². The maximum Gasteiger partial charge on any atom is 0.146 e. The summed E-state index contributed by atoms with van der Waals surface area (Å²) in [6.45, 7) is 1.97. The van der Waals surface area contributed by atoms with E-state index in [0.29, 0.717) is 5.82 Å². The minimum Gasteiger partial charge on any atom is -0.488 e. The first-order valence-corrected chi connectivity index (χ1v) is 8.65. The van der Waals surface area contributed by atoms with Gasteiger partial charge in [-0.05, 0) is 56.4 Å². The lowest BCUT2D eigenvalue weighted by Crippen LogP contribution is -2.26. The number of nitrogen functional groups attached to an aromatic ring is 1. The number of nitrogens with two attached hydrogens (primary N) is 1. The van der Waals surface area contributed by atoms with Crippen LogP contribution in [0.25, 0.3) is 16.6 Å². The second-order valence-corrected chi connectivity index (χ2v) is 6.72. The fourth-order valence-corrected chi connectivity index (χ4v) is 3.39. The summed E-state index contributed by atoms with van der Waals surface area (Å²) >= 11 is 0. The molecule has 6 heteroatoms. The molecule has 6 nitrogen and oxygen atoms in total. The molecule has 0 unspecified atom stereocenters. The number of hydrogen-bond donors (Lipinski definition) is 2. The van der Waals surface area contributed by atoms with Gasteiger partial charge in [-0.1, -0.05) is 0 Å². The van der Waals surface area contributed by atoms with Crippen LogP contribution in [0.2, 0.25) is 0 Å². The Kier molecular flexibility index (Phi) is 4.05. The fourth-order valence-electron chi connectivity index (χ4n) is 3.39. The normalized spacial score (nSPS) is 20.7. The molecule has 0 aromatic carbocycles. The van der Waals surface area contributed by atoms with Crippen molar-refractivity contribution < 1.29 is 9.84 Å². The number of nitrogens with zero attached hydrogens (tertiary/aromatic N) is 3. The van der Waals surface area contributed by atoms with E-state index in [4.69, 9.17) is 10.5 Å². The molecule has 0 amide bonds. The monoisotopic (exact) mass is 338 g/mol. The standard InChI is InChI=1S/C19H22N4O2/c1-12-8-17(13-6-7-23-14(9-13)10-19(20)22-23)18(11-21-12)25-16-4-2-15(24)3-5-16/h6-11,15-16,24H,2-5H2,1H3,(H2,20,22)/t15-,16-. The third kappa shape index (κ3) is 3.30. The fraction of sp³-hybridized carbons (Fsp3) is 0.368. The van der Waals surface area contributed by atoms with Crippen molar-refractivity contribution in [2.45, 2.75) is 44.8 Å². The molecule has 4 rings (SSSR count). The third-order valence-electron chi connectivity index (χ3n) is 4.73. The van der Waals surface area contributed by atoms with Gasteiger partial charge in [0.05, 0.1) is 23.9 Å². The molecular weight excluding hydrogens is 316 g/mol. The van der Waals surface area contributed by atoms with Crippen LogP contribution >= 0.6 is 0 Å². The number of aliphatic hydroxyl groups excluding tert-OH is 1. The highest BCUT2D eigenvalue weighted by molar-refractivity contribution is 5.74. The smallest absolute Gasteiger partial charge is 0.146 e. The number of aromatic nitrogens is 3. The van der Waals surface area contributed by atoms with Gasteiger partial charge in [-0.15, -0.1) is 0 Å². The van der Waals surface area contributed by atoms with Gasteiger partial charge in [-0.2, -0.15) is 5.10 Å². The third-order valence-corrected chi connectivity index (χ3v) is 4.73. The molecule has 0 bridgehead atoms. The molecule has 0 atom stereocenters. The average Bonchev–Trinajstić information content (AvgIpc) is 2.97. The molecule has 1 aliphatic carbocycles. The molecule has 3 heterocycles. The second-order valence-electron chi connectivity index (χ2n) is 6.72. The van der Waals surface area contributed by atoms with Crippen molar-refractivity contribution >= 4 is 11.3 Å². The van der Waals surface area contributed by atoms with Crippen molar-refractivity contribution in [2.24, 2.45) is 0 Å². The lowest BCUT2D eigenvalue weighted by Gasteiger charge is -2.27.